The molecule has 6 heteroatoms. The lowest BCUT2D eigenvalue weighted by Gasteiger charge is -2.07. The maximum atomic E-state index is 12.2. The summed E-state index contributed by atoms with van der Waals surface area (Å²) in [5.41, 5.74) is 2.13. The molecule has 0 saturated carbocycles. The van der Waals surface area contributed by atoms with E-state index < -0.39 is 0 Å². The van der Waals surface area contributed by atoms with Gasteiger partial charge in [0.2, 0.25) is 0 Å². The fourth-order valence-electron chi connectivity index (χ4n) is 2.22. The molecule has 0 atom stereocenters. The number of fused-ring (bicyclic) bond motifs is 1. The van der Waals surface area contributed by atoms with Gasteiger partial charge in [0, 0.05) is 23.8 Å². The Bertz CT molecular complexity index is 795. The second-order valence-electron chi connectivity index (χ2n) is 5.32. The van der Waals surface area contributed by atoms with Crippen molar-refractivity contribution >= 4 is 16.9 Å². The number of nitrogens with one attached hydrogen (secondary N) is 1. The molecule has 0 saturated heterocycles. The minimum atomic E-state index is -0.169. The van der Waals surface area contributed by atoms with Crippen LogP contribution in [-0.2, 0) is 6.54 Å². The third-order valence-electron chi connectivity index (χ3n) is 3.34. The fraction of sp³-hybridized carbons (Fsp3) is 0.250. The Morgan fingerprint density at radius 3 is 2.86 bits per heavy atom. The quantitative estimate of drug-likeness (QED) is 0.802. The van der Waals surface area contributed by atoms with Gasteiger partial charge < -0.3 is 5.32 Å². The van der Waals surface area contributed by atoms with Gasteiger partial charge in [-0.2, -0.15) is 5.10 Å². The van der Waals surface area contributed by atoms with Crippen LogP contribution in [0.2, 0.25) is 0 Å². The molecule has 3 aromatic rings. The van der Waals surface area contributed by atoms with Crippen molar-refractivity contribution in [3.8, 4) is 0 Å². The smallest absolute Gasteiger partial charge is 0.253 e. The number of pyridine rings is 2. The highest BCUT2D eigenvalue weighted by atomic mass is 16.1. The Morgan fingerprint density at radius 2 is 2.14 bits per heavy atom. The van der Waals surface area contributed by atoms with E-state index in [1.54, 1.807) is 18.6 Å². The van der Waals surface area contributed by atoms with Crippen LogP contribution in [0.1, 0.15) is 35.9 Å². The Labute approximate surface area is 128 Å². The van der Waals surface area contributed by atoms with Crippen LogP contribution < -0.4 is 5.32 Å². The Balaban J connectivity index is 1.77. The number of carbonyl (C=O) groups is 1. The Kier molecular flexibility index (Phi) is 3.82. The zero-order valence-corrected chi connectivity index (χ0v) is 12.5. The summed E-state index contributed by atoms with van der Waals surface area (Å²) in [6.07, 6.45) is 5.02. The molecule has 112 valence electrons. The molecule has 0 aliphatic rings. The maximum Gasteiger partial charge on any atom is 0.253 e. The van der Waals surface area contributed by atoms with Crippen LogP contribution in [-0.4, -0.2) is 25.7 Å². The average Bonchev–Trinajstić information content (AvgIpc) is 2.97. The van der Waals surface area contributed by atoms with Crippen molar-refractivity contribution in [3.63, 3.8) is 0 Å². The van der Waals surface area contributed by atoms with E-state index in [0.29, 0.717) is 12.1 Å². The summed E-state index contributed by atoms with van der Waals surface area (Å²) in [6, 6.07) is 7.64. The molecule has 0 fully saturated rings. The van der Waals surface area contributed by atoms with E-state index in [9.17, 15) is 4.79 Å². The van der Waals surface area contributed by atoms with Gasteiger partial charge in [0.15, 0.2) is 5.65 Å². The molecule has 0 aromatic carbocycles. The molecule has 0 spiro atoms. The summed E-state index contributed by atoms with van der Waals surface area (Å²) in [5, 5.41) is 8.00. The summed E-state index contributed by atoms with van der Waals surface area (Å²) >= 11 is 0. The molecule has 0 aliphatic heterocycles. The van der Waals surface area contributed by atoms with Gasteiger partial charge in [-0.1, -0.05) is 6.07 Å². The number of hydrogen-bond acceptors (Lipinski definition) is 4. The molecule has 0 bridgehead atoms. The molecule has 1 N–H and O–H groups in total. The van der Waals surface area contributed by atoms with E-state index in [2.05, 4.69) is 20.4 Å². The highest BCUT2D eigenvalue weighted by Crippen LogP contribution is 2.16. The lowest BCUT2D eigenvalue weighted by molar-refractivity contribution is 0.0950. The third kappa shape index (κ3) is 2.81. The first-order valence-electron chi connectivity index (χ1n) is 7.16. The number of carbonyl (C=O) groups excluding carboxylic acids is 1. The van der Waals surface area contributed by atoms with Gasteiger partial charge in [-0.15, -0.1) is 0 Å². The number of nitrogens with zero attached hydrogens (tertiary/aromatic N) is 4. The average molecular weight is 295 g/mol. The first-order valence-corrected chi connectivity index (χ1v) is 7.16. The normalized spacial score (nSPS) is 11.0. The fourth-order valence-corrected chi connectivity index (χ4v) is 2.22. The zero-order valence-electron chi connectivity index (χ0n) is 12.5. The van der Waals surface area contributed by atoms with Crippen LogP contribution >= 0.6 is 0 Å². The van der Waals surface area contributed by atoms with Gasteiger partial charge in [0.1, 0.15) is 0 Å². The van der Waals surface area contributed by atoms with Gasteiger partial charge >= 0.3 is 0 Å². The van der Waals surface area contributed by atoms with Gasteiger partial charge in [0.05, 0.1) is 24.0 Å². The molecule has 3 heterocycles. The summed E-state index contributed by atoms with van der Waals surface area (Å²) in [6.45, 7) is 4.48. The molecule has 3 aromatic heterocycles. The van der Waals surface area contributed by atoms with Crippen molar-refractivity contribution in [2.75, 3.05) is 0 Å². The number of amides is 1. The molecule has 6 nitrogen and oxygen atoms in total. The predicted molar refractivity (Wildman–Crippen MR) is 83.3 cm³/mol. The first kappa shape index (κ1) is 14.2. The van der Waals surface area contributed by atoms with Crippen LogP contribution in [0.3, 0.4) is 0 Å². The predicted octanol–water partition coefficient (Wildman–Crippen LogP) is 2.34. The molecule has 3 rings (SSSR count). The lowest BCUT2D eigenvalue weighted by atomic mass is 10.2. The van der Waals surface area contributed by atoms with Gasteiger partial charge in [-0.25, -0.2) is 9.67 Å². The van der Waals surface area contributed by atoms with Gasteiger partial charge in [-0.3, -0.25) is 9.78 Å². The third-order valence-corrected chi connectivity index (χ3v) is 3.34. The van der Waals surface area contributed by atoms with Crippen LogP contribution in [0.4, 0.5) is 0 Å². The monoisotopic (exact) mass is 295 g/mol. The van der Waals surface area contributed by atoms with Crippen molar-refractivity contribution in [2.24, 2.45) is 0 Å². The maximum absolute atomic E-state index is 12.2. The highest BCUT2D eigenvalue weighted by molar-refractivity contribution is 5.96. The molecule has 0 unspecified atom stereocenters. The van der Waals surface area contributed by atoms with Crippen molar-refractivity contribution in [2.45, 2.75) is 26.4 Å². The van der Waals surface area contributed by atoms with Gasteiger partial charge in [-0.05, 0) is 32.0 Å². The zero-order chi connectivity index (χ0) is 15.5. The molecule has 1 amide bonds. The Morgan fingerprint density at radius 1 is 1.27 bits per heavy atom. The van der Waals surface area contributed by atoms with Crippen molar-refractivity contribution < 1.29 is 4.79 Å². The van der Waals surface area contributed by atoms with E-state index in [1.807, 2.05) is 42.8 Å². The van der Waals surface area contributed by atoms with Crippen LogP contribution in [0.5, 0.6) is 0 Å². The topological polar surface area (TPSA) is 72.7 Å². The van der Waals surface area contributed by atoms with Crippen LogP contribution in [0, 0.1) is 0 Å². The molecule has 22 heavy (non-hydrogen) atoms. The van der Waals surface area contributed by atoms with E-state index >= 15 is 0 Å². The lowest BCUT2D eigenvalue weighted by Crippen LogP contribution is -2.23. The summed E-state index contributed by atoms with van der Waals surface area (Å²) in [7, 11) is 0. The van der Waals surface area contributed by atoms with Crippen molar-refractivity contribution in [1.29, 1.82) is 0 Å². The minimum Gasteiger partial charge on any atom is -0.346 e. The minimum absolute atomic E-state index is 0.169. The van der Waals surface area contributed by atoms with Crippen molar-refractivity contribution in [3.05, 3.63) is 54.1 Å². The SMILES string of the molecule is CC(C)n1ncc2cc(C(=O)NCc3ccccn3)cnc21. The second kappa shape index (κ2) is 5.93. The highest BCUT2D eigenvalue weighted by Gasteiger charge is 2.11. The van der Waals surface area contributed by atoms with E-state index in [-0.39, 0.29) is 11.9 Å². The molecule has 0 radical (unpaired) electrons. The summed E-state index contributed by atoms with van der Waals surface area (Å²) in [4.78, 5) is 20.7. The largest absolute Gasteiger partial charge is 0.346 e. The van der Waals surface area contributed by atoms with E-state index in [1.165, 1.54) is 0 Å². The molecular formula is C16H17N5O. The standard InChI is InChI=1S/C16H17N5O/c1-11(2)21-15-12(9-20-21)7-13(8-18-15)16(22)19-10-14-5-3-4-6-17-14/h3-9,11H,10H2,1-2H3,(H,19,22). The van der Waals surface area contributed by atoms with Crippen LogP contribution in [0.25, 0.3) is 11.0 Å². The first-order chi connectivity index (χ1) is 10.6. The van der Waals surface area contributed by atoms with E-state index in [4.69, 9.17) is 0 Å². The number of rotatable bonds is 4. The summed E-state index contributed by atoms with van der Waals surface area (Å²) < 4.78 is 1.84. The number of hydrogen-bond donors (Lipinski definition) is 1. The number of aromatic nitrogens is 4. The summed E-state index contributed by atoms with van der Waals surface area (Å²) in [5.74, 6) is -0.169. The molecule has 0 aliphatic carbocycles. The Hall–Kier alpha value is -2.76. The van der Waals surface area contributed by atoms with Gasteiger partial charge in [0.25, 0.3) is 5.91 Å². The van der Waals surface area contributed by atoms with Crippen LogP contribution in [0.15, 0.2) is 42.9 Å². The second-order valence-corrected chi connectivity index (χ2v) is 5.32. The molecular weight excluding hydrogens is 278 g/mol. The van der Waals surface area contributed by atoms with Crippen molar-refractivity contribution in [1.82, 2.24) is 25.1 Å². The van der Waals surface area contributed by atoms with E-state index in [0.717, 1.165) is 16.7 Å².